The maximum absolute atomic E-state index is 13.7. The average Bonchev–Trinajstić information content (AvgIpc) is 2.53. The van der Waals surface area contributed by atoms with Crippen molar-refractivity contribution in [1.29, 1.82) is 0 Å². The van der Waals surface area contributed by atoms with Crippen LogP contribution in [-0.4, -0.2) is 12.2 Å². The zero-order valence-corrected chi connectivity index (χ0v) is 16.5. The van der Waals surface area contributed by atoms with Crippen LogP contribution in [0.2, 0.25) is 0 Å². The van der Waals surface area contributed by atoms with E-state index in [0.717, 1.165) is 11.3 Å². The van der Waals surface area contributed by atoms with Gasteiger partial charge in [-0.05, 0) is 52.3 Å². The van der Waals surface area contributed by atoms with E-state index in [4.69, 9.17) is 9.05 Å². The van der Waals surface area contributed by atoms with Crippen LogP contribution in [0.25, 0.3) is 0 Å². The molecule has 25 heavy (non-hydrogen) atoms. The molecule has 0 bridgehead atoms. The van der Waals surface area contributed by atoms with Gasteiger partial charge in [0.25, 0.3) is 0 Å². The molecule has 0 spiro atoms. The van der Waals surface area contributed by atoms with Gasteiger partial charge < -0.3 is 14.4 Å². The van der Waals surface area contributed by atoms with Gasteiger partial charge in [0.05, 0.1) is 12.2 Å². The van der Waals surface area contributed by atoms with E-state index in [9.17, 15) is 4.57 Å². The molecule has 4 nitrogen and oxygen atoms in total. The van der Waals surface area contributed by atoms with Gasteiger partial charge in [-0.3, -0.25) is 4.57 Å². The SMILES string of the molecule is Cc1ccc(NC(c2ccccc2)P(=O)(OC(C)C)OC(C)C)cc1. The Bertz CT molecular complexity index is 685. The van der Waals surface area contributed by atoms with Gasteiger partial charge in [-0.15, -0.1) is 0 Å². The number of aryl methyl sites for hydroxylation is 1. The first-order valence-electron chi connectivity index (χ1n) is 8.65. The molecule has 5 heteroatoms. The average molecular weight is 361 g/mol. The van der Waals surface area contributed by atoms with E-state index in [0.29, 0.717) is 0 Å². The molecule has 0 heterocycles. The molecule has 0 saturated carbocycles. The third kappa shape index (κ3) is 5.71. The van der Waals surface area contributed by atoms with Crippen molar-refractivity contribution in [2.24, 2.45) is 0 Å². The van der Waals surface area contributed by atoms with Gasteiger partial charge in [-0.25, -0.2) is 0 Å². The van der Waals surface area contributed by atoms with Gasteiger partial charge >= 0.3 is 7.60 Å². The van der Waals surface area contributed by atoms with Crippen molar-refractivity contribution in [2.75, 3.05) is 5.32 Å². The molecule has 2 aromatic carbocycles. The Morgan fingerprint density at radius 2 is 1.36 bits per heavy atom. The molecule has 2 rings (SSSR count). The fourth-order valence-corrected chi connectivity index (χ4v) is 4.84. The van der Waals surface area contributed by atoms with Gasteiger partial charge in [0.2, 0.25) is 0 Å². The topological polar surface area (TPSA) is 47.6 Å². The lowest BCUT2D eigenvalue weighted by Crippen LogP contribution is -2.19. The first-order chi connectivity index (χ1) is 11.8. The summed E-state index contributed by atoms with van der Waals surface area (Å²) in [7, 11) is -3.45. The van der Waals surface area contributed by atoms with Gasteiger partial charge in [-0.2, -0.15) is 0 Å². The smallest absolute Gasteiger partial charge is 0.357 e. The number of anilines is 1. The minimum atomic E-state index is -3.45. The van der Waals surface area contributed by atoms with Crippen LogP contribution in [-0.2, 0) is 13.6 Å². The van der Waals surface area contributed by atoms with Crippen LogP contribution in [0.1, 0.15) is 44.6 Å². The predicted octanol–water partition coefficient (Wildman–Crippen LogP) is 6.15. The third-order valence-corrected chi connectivity index (χ3v) is 5.99. The summed E-state index contributed by atoms with van der Waals surface area (Å²) in [4.78, 5) is 0. The summed E-state index contributed by atoms with van der Waals surface area (Å²) in [5, 5.41) is 3.36. The largest absolute Gasteiger partial charge is 0.368 e. The Kier molecular flexibility index (Phi) is 6.83. The highest BCUT2D eigenvalue weighted by molar-refractivity contribution is 7.54. The maximum Gasteiger partial charge on any atom is 0.357 e. The number of hydrogen-bond donors (Lipinski definition) is 1. The molecule has 0 amide bonds. The van der Waals surface area contributed by atoms with Crippen LogP contribution < -0.4 is 5.32 Å². The Morgan fingerprint density at radius 3 is 1.84 bits per heavy atom. The molecular weight excluding hydrogens is 333 g/mol. The normalized spacial score (nSPS) is 13.2. The standard InChI is InChI=1S/C20H28NO3P/c1-15(2)23-25(22,24-16(3)4)20(18-9-7-6-8-10-18)21-19-13-11-17(5)12-14-19/h6-16,20-21H,1-5H3. The summed E-state index contributed by atoms with van der Waals surface area (Å²) < 4.78 is 25.4. The first-order valence-corrected chi connectivity index (χ1v) is 10.3. The molecular formula is C20H28NO3P. The molecule has 0 aliphatic carbocycles. The van der Waals surface area contributed by atoms with Gasteiger partial charge in [0, 0.05) is 5.69 Å². The second kappa shape index (κ2) is 8.66. The lowest BCUT2D eigenvalue weighted by Gasteiger charge is -2.31. The first kappa shape index (κ1) is 19.7. The zero-order chi connectivity index (χ0) is 18.4. The molecule has 0 radical (unpaired) electrons. The van der Waals surface area contributed by atoms with Gasteiger partial charge in [-0.1, -0.05) is 48.0 Å². The van der Waals surface area contributed by atoms with E-state index in [1.54, 1.807) is 0 Å². The number of hydrogen-bond acceptors (Lipinski definition) is 4. The zero-order valence-electron chi connectivity index (χ0n) is 15.6. The molecule has 0 fully saturated rings. The maximum atomic E-state index is 13.7. The molecule has 0 aromatic heterocycles. The molecule has 1 unspecified atom stereocenters. The Morgan fingerprint density at radius 1 is 0.840 bits per heavy atom. The van der Waals surface area contributed by atoms with Crippen molar-refractivity contribution in [2.45, 2.75) is 52.6 Å². The molecule has 1 atom stereocenters. The Hall–Kier alpha value is -1.61. The van der Waals surface area contributed by atoms with E-state index in [2.05, 4.69) is 5.32 Å². The summed E-state index contributed by atoms with van der Waals surface area (Å²) in [6.45, 7) is 9.50. The predicted molar refractivity (Wildman–Crippen MR) is 104 cm³/mol. The van der Waals surface area contributed by atoms with Crippen molar-refractivity contribution in [1.82, 2.24) is 0 Å². The molecule has 1 N–H and O–H groups in total. The van der Waals surface area contributed by atoms with Crippen molar-refractivity contribution in [3.05, 3.63) is 65.7 Å². The molecule has 136 valence electrons. The van der Waals surface area contributed by atoms with E-state index in [1.165, 1.54) is 5.56 Å². The van der Waals surface area contributed by atoms with Crippen molar-refractivity contribution in [3.8, 4) is 0 Å². The van der Waals surface area contributed by atoms with Crippen LogP contribution in [0.4, 0.5) is 5.69 Å². The van der Waals surface area contributed by atoms with Crippen molar-refractivity contribution in [3.63, 3.8) is 0 Å². The Balaban J connectivity index is 2.44. The summed E-state index contributed by atoms with van der Waals surface area (Å²) in [5.74, 6) is -0.582. The van der Waals surface area contributed by atoms with Gasteiger partial charge in [0.15, 0.2) is 5.78 Å². The van der Waals surface area contributed by atoms with Gasteiger partial charge in [0.1, 0.15) is 0 Å². The second-order valence-corrected chi connectivity index (χ2v) is 8.69. The molecule has 0 saturated heterocycles. The number of nitrogens with one attached hydrogen (secondary N) is 1. The van der Waals surface area contributed by atoms with Crippen LogP contribution in [0.5, 0.6) is 0 Å². The third-order valence-electron chi connectivity index (χ3n) is 3.50. The summed E-state index contributed by atoms with van der Waals surface area (Å²) in [5.41, 5.74) is 2.91. The minimum absolute atomic E-state index is 0.212. The summed E-state index contributed by atoms with van der Waals surface area (Å²) in [6.07, 6.45) is -0.425. The summed E-state index contributed by atoms with van der Waals surface area (Å²) in [6, 6.07) is 17.6. The van der Waals surface area contributed by atoms with Crippen LogP contribution >= 0.6 is 7.60 Å². The quantitative estimate of drug-likeness (QED) is 0.573. The minimum Gasteiger partial charge on any atom is -0.368 e. The molecule has 0 aliphatic rings. The van der Waals surface area contributed by atoms with Crippen LogP contribution in [0.3, 0.4) is 0 Å². The highest BCUT2D eigenvalue weighted by Gasteiger charge is 2.39. The lowest BCUT2D eigenvalue weighted by atomic mass is 10.2. The van der Waals surface area contributed by atoms with E-state index in [1.807, 2.05) is 89.2 Å². The van der Waals surface area contributed by atoms with E-state index < -0.39 is 13.4 Å². The van der Waals surface area contributed by atoms with E-state index in [-0.39, 0.29) is 12.2 Å². The Labute approximate surface area is 151 Å². The van der Waals surface area contributed by atoms with Crippen LogP contribution in [0, 0.1) is 6.92 Å². The fourth-order valence-electron chi connectivity index (χ4n) is 2.52. The van der Waals surface area contributed by atoms with Crippen molar-refractivity contribution >= 4 is 13.3 Å². The summed E-state index contributed by atoms with van der Waals surface area (Å²) >= 11 is 0. The number of rotatable bonds is 8. The highest BCUT2D eigenvalue weighted by Crippen LogP contribution is 2.62. The highest BCUT2D eigenvalue weighted by atomic mass is 31.2. The van der Waals surface area contributed by atoms with Crippen molar-refractivity contribution < 1.29 is 13.6 Å². The second-order valence-electron chi connectivity index (χ2n) is 6.67. The van der Waals surface area contributed by atoms with Crippen LogP contribution in [0.15, 0.2) is 54.6 Å². The number of benzene rings is 2. The lowest BCUT2D eigenvalue weighted by molar-refractivity contribution is 0.138. The molecule has 0 aliphatic heterocycles. The monoisotopic (exact) mass is 361 g/mol. The molecule has 2 aromatic rings. The fraction of sp³-hybridized carbons (Fsp3) is 0.400. The van der Waals surface area contributed by atoms with E-state index >= 15 is 0 Å².